The number of ether oxygens (including phenoxy) is 1. The molecule has 1 aromatic heterocycles. The number of hydrogen-bond donors (Lipinski definition) is 3. The first kappa shape index (κ1) is 12.8. The van der Waals surface area contributed by atoms with Crippen molar-refractivity contribution >= 4 is 11.5 Å². The summed E-state index contributed by atoms with van der Waals surface area (Å²) >= 11 is 0. The Morgan fingerprint density at radius 1 is 1.67 bits per heavy atom. The lowest BCUT2D eigenvalue weighted by molar-refractivity contribution is -0.0421. The van der Waals surface area contributed by atoms with Gasteiger partial charge in [0.05, 0.1) is 18.8 Å². The summed E-state index contributed by atoms with van der Waals surface area (Å²) in [6.07, 6.45) is 1.52. The Balaban J connectivity index is 2.19. The smallest absolute Gasteiger partial charge is 0.141 e. The average Bonchev–Trinajstić information content (AvgIpc) is 2.38. The highest BCUT2D eigenvalue weighted by Crippen LogP contribution is 2.20. The molecular weight excluding hydrogens is 232 g/mol. The van der Waals surface area contributed by atoms with Gasteiger partial charge in [0, 0.05) is 25.0 Å². The summed E-state index contributed by atoms with van der Waals surface area (Å²) in [5.74, 6) is -0.0446. The fourth-order valence-electron chi connectivity index (χ4n) is 2.12. The molecule has 0 aromatic carbocycles. The first-order chi connectivity index (χ1) is 8.60. The quantitative estimate of drug-likeness (QED) is 0.516. The number of hydrogen-bond acceptors (Lipinski definition) is 5. The van der Waals surface area contributed by atoms with Crippen LogP contribution in [0.2, 0.25) is 0 Å². The fraction of sp³-hybridized carbons (Fsp3) is 0.500. The summed E-state index contributed by atoms with van der Waals surface area (Å²) in [6.45, 7) is 3.35. The van der Waals surface area contributed by atoms with E-state index in [0.29, 0.717) is 12.2 Å². The zero-order chi connectivity index (χ0) is 13.1. The van der Waals surface area contributed by atoms with E-state index in [9.17, 15) is 5.11 Å². The van der Waals surface area contributed by atoms with Crippen LogP contribution in [0, 0.1) is 5.41 Å². The van der Waals surface area contributed by atoms with Crippen molar-refractivity contribution < 1.29 is 9.84 Å². The summed E-state index contributed by atoms with van der Waals surface area (Å²) < 4.78 is 5.59. The van der Waals surface area contributed by atoms with E-state index in [1.54, 1.807) is 12.3 Å². The van der Waals surface area contributed by atoms with Gasteiger partial charge in [0.25, 0.3) is 0 Å². The lowest BCUT2D eigenvalue weighted by Crippen LogP contribution is -2.48. The maximum absolute atomic E-state index is 9.20. The first-order valence-electron chi connectivity index (χ1n) is 5.92. The van der Waals surface area contributed by atoms with Crippen molar-refractivity contribution in [3.8, 4) is 0 Å². The number of anilines is 1. The highest BCUT2D eigenvalue weighted by Gasteiger charge is 2.25. The molecule has 1 fully saturated rings. The summed E-state index contributed by atoms with van der Waals surface area (Å²) in [5, 5.41) is 16.6. The van der Waals surface area contributed by atoms with Gasteiger partial charge >= 0.3 is 0 Å². The molecule has 1 saturated heterocycles. The SMILES string of the molecule is CC1CN(c2ccnc(C(=N)N)c2)CC(CO)O1. The highest BCUT2D eigenvalue weighted by atomic mass is 16.5. The van der Waals surface area contributed by atoms with Crippen LogP contribution in [0.4, 0.5) is 5.69 Å². The first-order valence-corrected chi connectivity index (χ1v) is 5.92. The number of morpholine rings is 1. The van der Waals surface area contributed by atoms with E-state index in [1.165, 1.54) is 0 Å². The normalized spacial score (nSPS) is 24.0. The summed E-state index contributed by atoms with van der Waals surface area (Å²) in [6, 6.07) is 3.66. The van der Waals surface area contributed by atoms with E-state index in [2.05, 4.69) is 9.88 Å². The Labute approximate surface area is 106 Å². The Hall–Kier alpha value is -1.66. The molecule has 2 heterocycles. The van der Waals surface area contributed by atoms with Crippen LogP contribution < -0.4 is 10.6 Å². The second-order valence-electron chi connectivity index (χ2n) is 4.47. The summed E-state index contributed by atoms with van der Waals surface area (Å²) in [7, 11) is 0. The molecule has 1 aliphatic heterocycles. The monoisotopic (exact) mass is 250 g/mol. The zero-order valence-electron chi connectivity index (χ0n) is 10.3. The molecule has 0 aliphatic carbocycles. The molecule has 0 bridgehead atoms. The van der Waals surface area contributed by atoms with Crippen LogP contribution in [0.3, 0.4) is 0 Å². The predicted molar refractivity (Wildman–Crippen MR) is 68.9 cm³/mol. The number of aromatic nitrogens is 1. The Bertz CT molecular complexity index is 438. The maximum Gasteiger partial charge on any atom is 0.141 e. The molecule has 2 rings (SSSR count). The Kier molecular flexibility index (Phi) is 3.78. The number of nitrogens with two attached hydrogens (primary N) is 1. The number of rotatable bonds is 3. The van der Waals surface area contributed by atoms with Crippen LogP contribution in [0.25, 0.3) is 0 Å². The number of nitrogens with one attached hydrogen (secondary N) is 1. The molecule has 1 aliphatic rings. The van der Waals surface area contributed by atoms with Gasteiger partial charge in [-0.05, 0) is 19.1 Å². The molecule has 1 aromatic rings. The van der Waals surface area contributed by atoms with E-state index < -0.39 is 0 Å². The van der Waals surface area contributed by atoms with E-state index in [0.717, 1.165) is 12.2 Å². The van der Waals surface area contributed by atoms with Gasteiger partial charge in [-0.3, -0.25) is 10.4 Å². The molecule has 2 atom stereocenters. The van der Waals surface area contributed by atoms with Crippen molar-refractivity contribution in [1.29, 1.82) is 5.41 Å². The molecule has 4 N–H and O–H groups in total. The zero-order valence-corrected chi connectivity index (χ0v) is 10.3. The molecule has 0 saturated carbocycles. The Morgan fingerprint density at radius 3 is 3.11 bits per heavy atom. The number of nitrogens with zero attached hydrogens (tertiary/aromatic N) is 2. The van der Waals surface area contributed by atoms with E-state index in [1.807, 2.05) is 13.0 Å². The van der Waals surface area contributed by atoms with Gasteiger partial charge in [-0.1, -0.05) is 0 Å². The van der Waals surface area contributed by atoms with Crippen molar-refractivity contribution in [2.75, 3.05) is 24.6 Å². The van der Waals surface area contributed by atoms with Gasteiger partial charge in [-0.15, -0.1) is 0 Å². The van der Waals surface area contributed by atoms with E-state index >= 15 is 0 Å². The molecule has 98 valence electrons. The van der Waals surface area contributed by atoms with Crippen molar-refractivity contribution in [3.05, 3.63) is 24.0 Å². The van der Waals surface area contributed by atoms with Crippen LogP contribution in [0.1, 0.15) is 12.6 Å². The van der Waals surface area contributed by atoms with Crippen LogP contribution in [-0.4, -0.2) is 47.8 Å². The van der Waals surface area contributed by atoms with Gasteiger partial charge in [-0.25, -0.2) is 0 Å². The molecule has 0 radical (unpaired) electrons. The van der Waals surface area contributed by atoms with Crippen molar-refractivity contribution in [2.24, 2.45) is 5.73 Å². The van der Waals surface area contributed by atoms with Crippen LogP contribution in [-0.2, 0) is 4.74 Å². The van der Waals surface area contributed by atoms with Gasteiger partial charge < -0.3 is 20.5 Å². The minimum Gasteiger partial charge on any atom is -0.394 e. The topological polar surface area (TPSA) is 95.5 Å². The second-order valence-corrected chi connectivity index (χ2v) is 4.47. The predicted octanol–water partition coefficient (Wildman–Crippen LogP) is -0.0483. The van der Waals surface area contributed by atoms with Crippen molar-refractivity contribution in [3.63, 3.8) is 0 Å². The molecular formula is C12H18N4O2. The second kappa shape index (κ2) is 5.32. The van der Waals surface area contributed by atoms with Crippen LogP contribution in [0.15, 0.2) is 18.3 Å². The fourth-order valence-corrected chi connectivity index (χ4v) is 2.12. The lowest BCUT2D eigenvalue weighted by Gasteiger charge is -2.37. The van der Waals surface area contributed by atoms with Crippen LogP contribution in [0.5, 0.6) is 0 Å². The highest BCUT2D eigenvalue weighted by molar-refractivity contribution is 5.93. The summed E-state index contributed by atoms with van der Waals surface area (Å²) in [5.41, 5.74) is 6.84. The van der Waals surface area contributed by atoms with Gasteiger partial charge in [0.15, 0.2) is 0 Å². The molecule has 0 spiro atoms. The number of nitrogen functional groups attached to an aromatic ring is 1. The Morgan fingerprint density at radius 2 is 2.44 bits per heavy atom. The van der Waals surface area contributed by atoms with Crippen LogP contribution >= 0.6 is 0 Å². The largest absolute Gasteiger partial charge is 0.394 e. The summed E-state index contributed by atoms with van der Waals surface area (Å²) in [4.78, 5) is 6.15. The van der Waals surface area contributed by atoms with Gasteiger partial charge in [0.1, 0.15) is 11.5 Å². The molecule has 0 amide bonds. The number of aliphatic hydroxyl groups is 1. The number of pyridine rings is 1. The van der Waals surface area contributed by atoms with E-state index in [4.69, 9.17) is 15.9 Å². The van der Waals surface area contributed by atoms with E-state index in [-0.39, 0.29) is 24.7 Å². The van der Waals surface area contributed by atoms with Crippen molar-refractivity contribution in [2.45, 2.75) is 19.1 Å². The third-order valence-electron chi connectivity index (χ3n) is 2.91. The minimum absolute atomic E-state index is 0.00545. The molecule has 18 heavy (non-hydrogen) atoms. The maximum atomic E-state index is 9.20. The number of amidine groups is 1. The minimum atomic E-state index is -0.178. The standard InChI is InChI=1S/C12H18N4O2/c1-8-5-16(6-10(7-17)18-8)9-2-3-15-11(4-9)12(13)14/h2-4,8,10,17H,5-7H2,1H3,(H3,13,14). The van der Waals surface area contributed by atoms with Gasteiger partial charge in [0.2, 0.25) is 0 Å². The lowest BCUT2D eigenvalue weighted by atomic mass is 10.2. The number of aliphatic hydroxyl groups excluding tert-OH is 1. The third-order valence-corrected chi connectivity index (χ3v) is 2.91. The van der Waals surface area contributed by atoms with Gasteiger partial charge in [-0.2, -0.15) is 0 Å². The third kappa shape index (κ3) is 2.77. The molecule has 2 unspecified atom stereocenters. The molecule has 6 nitrogen and oxygen atoms in total. The van der Waals surface area contributed by atoms with Crippen molar-refractivity contribution in [1.82, 2.24) is 4.98 Å². The average molecular weight is 250 g/mol. The molecule has 6 heteroatoms.